The minimum Gasteiger partial charge on any atom is -0.391 e. The van der Waals surface area contributed by atoms with Gasteiger partial charge in [-0.3, -0.25) is 4.90 Å². The van der Waals surface area contributed by atoms with Gasteiger partial charge in [0.05, 0.1) is 18.3 Å². The zero-order valence-electron chi connectivity index (χ0n) is 10.7. The first-order valence-corrected chi connectivity index (χ1v) is 5.85. The summed E-state index contributed by atoms with van der Waals surface area (Å²) in [5.41, 5.74) is -0.0369. The molecule has 1 aliphatic heterocycles. The van der Waals surface area contributed by atoms with Crippen LogP contribution in [0.15, 0.2) is 0 Å². The number of ether oxygens (including phenoxy) is 1. The summed E-state index contributed by atoms with van der Waals surface area (Å²) in [4.78, 5) is 2.30. The molecule has 15 heavy (non-hydrogen) atoms. The molecule has 0 aromatic rings. The molecule has 1 heterocycles. The lowest BCUT2D eigenvalue weighted by Gasteiger charge is -2.38. The number of rotatable bonds is 2. The van der Waals surface area contributed by atoms with Crippen LogP contribution in [0, 0.1) is 5.41 Å². The summed E-state index contributed by atoms with van der Waals surface area (Å²) in [6, 6.07) is 0. The van der Waals surface area contributed by atoms with Gasteiger partial charge in [-0.15, -0.1) is 0 Å². The Morgan fingerprint density at radius 1 is 1.27 bits per heavy atom. The van der Waals surface area contributed by atoms with E-state index < -0.39 is 0 Å². The fourth-order valence-electron chi connectivity index (χ4n) is 1.95. The summed E-state index contributed by atoms with van der Waals surface area (Å²) in [5.74, 6) is 0. The number of aliphatic hydroxyl groups is 1. The molecule has 0 saturated carbocycles. The highest BCUT2D eigenvalue weighted by Gasteiger charge is 2.28. The third-order valence-electron chi connectivity index (χ3n) is 2.93. The number of morpholine rings is 1. The van der Waals surface area contributed by atoms with E-state index in [-0.39, 0.29) is 23.7 Å². The summed E-state index contributed by atoms with van der Waals surface area (Å²) >= 11 is 0. The summed E-state index contributed by atoms with van der Waals surface area (Å²) in [5, 5.41) is 10.0. The lowest BCUT2D eigenvalue weighted by atomic mass is 9.88. The SMILES string of the molecule is CC1CN(CC(O)C(C)(C)C)CC(C)O1. The number of β-amino-alcohol motifs (C(OH)–C–C–N with tert-alkyl or cyclic N) is 1. The van der Waals surface area contributed by atoms with Crippen LogP contribution in [0.5, 0.6) is 0 Å². The second-order valence-corrected chi connectivity index (χ2v) is 5.86. The van der Waals surface area contributed by atoms with Crippen LogP contribution in [-0.2, 0) is 4.74 Å². The van der Waals surface area contributed by atoms with Crippen molar-refractivity contribution >= 4 is 0 Å². The van der Waals surface area contributed by atoms with Crippen LogP contribution in [0.1, 0.15) is 34.6 Å². The largest absolute Gasteiger partial charge is 0.391 e. The molecule has 0 aliphatic carbocycles. The van der Waals surface area contributed by atoms with Gasteiger partial charge in [0.25, 0.3) is 0 Å². The van der Waals surface area contributed by atoms with E-state index in [1.165, 1.54) is 0 Å². The van der Waals surface area contributed by atoms with E-state index in [2.05, 4.69) is 39.5 Å². The molecule has 3 unspecified atom stereocenters. The fourth-order valence-corrected chi connectivity index (χ4v) is 1.95. The monoisotopic (exact) mass is 215 g/mol. The van der Waals surface area contributed by atoms with Gasteiger partial charge in [-0.1, -0.05) is 20.8 Å². The van der Waals surface area contributed by atoms with Crippen LogP contribution >= 0.6 is 0 Å². The lowest BCUT2D eigenvalue weighted by molar-refractivity contribution is -0.0845. The third-order valence-corrected chi connectivity index (χ3v) is 2.93. The van der Waals surface area contributed by atoms with E-state index in [4.69, 9.17) is 4.74 Å². The molecular formula is C12H25NO2. The first kappa shape index (κ1) is 12.9. The molecule has 1 rings (SSSR count). The maximum absolute atomic E-state index is 10.0. The van der Waals surface area contributed by atoms with E-state index >= 15 is 0 Å². The topological polar surface area (TPSA) is 32.7 Å². The average molecular weight is 215 g/mol. The summed E-state index contributed by atoms with van der Waals surface area (Å²) in [7, 11) is 0. The van der Waals surface area contributed by atoms with Gasteiger partial charge in [0.2, 0.25) is 0 Å². The normalized spacial score (nSPS) is 31.6. The second-order valence-electron chi connectivity index (χ2n) is 5.86. The van der Waals surface area contributed by atoms with Gasteiger partial charge in [-0.25, -0.2) is 0 Å². The highest BCUT2D eigenvalue weighted by atomic mass is 16.5. The Labute approximate surface area is 93.4 Å². The maximum atomic E-state index is 10.0. The quantitative estimate of drug-likeness (QED) is 0.758. The molecule has 0 radical (unpaired) electrons. The standard InChI is InChI=1S/C12H25NO2/c1-9-6-13(7-10(2)15-9)8-11(14)12(3,4)5/h9-11,14H,6-8H2,1-5H3. The van der Waals surface area contributed by atoms with Crippen molar-refractivity contribution in [2.45, 2.75) is 52.9 Å². The Bertz CT molecular complexity index is 190. The molecule has 0 aromatic carbocycles. The Hall–Kier alpha value is -0.120. The minimum atomic E-state index is -0.269. The zero-order valence-corrected chi connectivity index (χ0v) is 10.7. The van der Waals surface area contributed by atoms with Crippen LogP contribution < -0.4 is 0 Å². The number of nitrogens with zero attached hydrogens (tertiary/aromatic N) is 1. The van der Waals surface area contributed by atoms with Gasteiger partial charge in [0.15, 0.2) is 0 Å². The summed E-state index contributed by atoms with van der Waals surface area (Å²) in [6.07, 6.45) is 0.289. The molecule has 0 spiro atoms. The van der Waals surface area contributed by atoms with E-state index in [0.29, 0.717) is 0 Å². The van der Waals surface area contributed by atoms with Crippen molar-refractivity contribution < 1.29 is 9.84 Å². The molecule has 3 heteroatoms. The maximum Gasteiger partial charge on any atom is 0.0715 e. The van der Waals surface area contributed by atoms with Crippen molar-refractivity contribution in [3.8, 4) is 0 Å². The van der Waals surface area contributed by atoms with Crippen molar-refractivity contribution in [2.75, 3.05) is 19.6 Å². The number of hydrogen-bond acceptors (Lipinski definition) is 3. The minimum absolute atomic E-state index is 0.0369. The van der Waals surface area contributed by atoms with E-state index in [1.807, 2.05) is 0 Å². The molecule has 3 atom stereocenters. The van der Waals surface area contributed by atoms with Crippen LogP contribution in [0.25, 0.3) is 0 Å². The van der Waals surface area contributed by atoms with Gasteiger partial charge in [-0.05, 0) is 19.3 Å². The van der Waals surface area contributed by atoms with Gasteiger partial charge in [0, 0.05) is 19.6 Å². The van der Waals surface area contributed by atoms with E-state index in [9.17, 15) is 5.11 Å². The first-order chi connectivity index (χ1) is 6.79. The predicted octanol–water partition coefficient (Wildman–Crippen LogP) is 1.50. The predicted molar refractivity (Wildman–Crippen MR) is 61.9 cm³/mol. The first-order valence-electron chi connectivity index (χ1n) is 5.85. The van der Waals surface area contributed by atoms with Crippen molar-refractivity contribution in [3.63, 3.8) is 0 Å². The fraction of sp³-hybridized carbons (Fsp3) is 1.00. The Kier molecular flexibility index (Phi) is 4.15. The molecule has 0 amide bonds. The molecule has 3 nitrogen and oxygen atoms in total. The Morgan fingerprint density at radius 3 is 2.13 bits per heavy atom. The second kappa shape index (κ2) is 4.81. The van der Waals surface area contributed by atoms with Gasteiger partial charge in [-0.2, -0.15) is 0 Å². The van der Waals surface area contributed by atoms with Gasteiger partial charge in [0.1, 0.15) is 0 Å². The molecule has 1 saturated heterocycles. The average Bonchev–Trinajstić information content (AvgIpc) is 1.99. The van der Waals surface area contributed by atoms with Crippen molar-refractivity contribution in [1.82, 2.24) is 4.90 Å². The van der Waals surface area contributed by atoms with E-state index in [0.717, 1.165) is 19.6 Å². The van der Waals surface area contributed by atoms with Crippen LogP contribution in [0.2, 0.25) is 0 Å². The van der Waals surface area contributed by atoms with Crippen LogP contribution in [0.4, 0.5) is 0 Å². The van der Waals surface area contributed by atoms with Gasteiger partial charge < -0.3 is 9.84 Å². The molecule has 1 aliphatic rings. The van der Waals surface area contributed by atoms with Crippen molar-refractivity contribution in [1.29, 1.82) is 0 Å². The van der Waals surface area contributed by atoms with Gasteiger partial charge >= 0.3 is 0 Å². The summed E-state index contributed by atoms with van der Waals surface area (Å²) in [6.45, 7) is 13.0. The molecule has 0 bridgehead atoms. The summed E-state index contributed by atoms with van der Waals surface area (Å²) < 4.78 is 5.66. The molecule has 1 fully saturated rings. The Balaban J connectivity index is 2.44. The van der Waals surface area contributed by atoms with Crippen molar-refractivity contribution in [3.05, 3.63) is 0 Å². The number of aliphatic hydroxyl groups excluding tert-OH is 1. The third kappa shape index (κ3) is 4.09. The van der Waals surface area contributed by atoms with Crippen LogP contribution in [0.3, 0.4) is 0 Å². The molecule has 90 valence electrons. The smallest absolute Gasteiger partial charge is 0.0715 e. The van der Waals surface area contributed by atoms with Crippen molar-refractivity contribution in [2.24, 2.45) is 5.41 Å². The van der Waals surface area contributed by atoms with E-state index in [1.54, 1.807) is 0 Å². The molecule has 0 aromatic heterocycles. The highest BCUT2D eigenvalue weighted by molar-refractivity contribution is 4.80. The zero-order chi connectivity index (χ0) is 11.6. The van der Waals surface area contributed by atoms with Crippen LogP contribution in [-0.4, -0.2) is 48.0 Å². The Morgan fingerprint density at radius 2 is 1.73 bits per heavy atom. The molecule has 1 N–H and O–H groups in total. The highest BCUT2D eigenvalue weighted by Crippen LogP contribution is 2.21. The lowest BCUT2D eigenvalue weighted by Crippen LogP contribution is -2.49. The number of hydrogen-bond donors (Lipinski definition) is 1. The molecular weight excluding hydrogens is 190 g/mol.